The van der Waals surface area contributed by atoms with Gasteiger partial charge in [-0.05, 0) is 34.1 Å². The molecule has 0 atom stereocenters. The molecular formula is C13H12BrNO2S. The van der Waals surface area contributed by atoms with Gasteiger partial charge in [-0.25, -0.2) is 0 Å². The van der Waals surface area contributed by atoms with E-state index in [1.165, 1.54) is 0 Å². The fraction of sp³-hybridized carbons (Fsp3) is 0.154. The molecule has 0 fully saturated rings. The van der Waals surface area contributed by atoms with Crippen molar-refractivity contribution in [2.75, 3.05) is 6.61 Å². The first-order valence-electron chi connectivity index (χ1n) is 5.41. The summed E-state index contributed by atoms with van der Waals surface area (Å²) in [6, 6.07) is 11.3. The van der Waals surface area contributed by atoms with E-state index in [-0.39, 0.29) is 12.5 Å². The Hall–Kier alpha value is -1.33. The Kier molecular flexibility index (Phi) is 4.78. The van der Waals surface area contributed by atoms with Gasteiger partial charge in [-0.1, -0.05) is 18.2 Å². The minimum absolute atomic E-state index is 0.0383. The molecule has 1 heterocycles. The molecule has 0 unspecified atom stereocenters. The number of nitrogens with one attached hydrogen (secondary N) is 1. The molecule has 0 aliphatic carbocycles. The molecule has 0 aliphatic rings. The number of thiophene rings is 1. The van der Waals surface area contributed by atoms with Crippen molar-refractivity contribution in [3.63, 3.8) is 0 Å². The summed E-state index contributed by atoms with van der Waals surface area (Å²) in [4.78, 5) is 12.7. The van der Waals surface area contributed by atoms with E-state index in [1.54, 1.807) is 11.3 Å². The predicted molar refractivity (Wildman–Crippen MR) is 75.8 cm³/mol. The molecule has 3 nitrogen and oxygen atoms in total. The molecule has 0 saturated carbocycles. The van der Waals surface area contributed by atoms with Gasteiger partial charge < -0.3 is 10.1 Å². The third kappa shape index (κ3) is 4.16. The van der Waals surface area contributed by atoms with Gasteiger partial charge in [0.05, 0.1) is 6.54 Å². The van der Waals surface area contributed by atoms with Crippen molar-refractivity contribution < 1.29 is 9.53 Å². The van der Waals surface area contributed by atoms with Crippen LogP contribution in [0.1, 0.15) is 4.88 Å². The van der Waals surface area contributed by atoms with E-state index in [0.717, 1.165) is 9.35 Å². The van der Waals surface area contributed by atoms with Crippen LogP contribution in [0.15, 0.2) is 46.3 Å². The number of rotatable bonds is 5. The van der Waals surface area contributed by atoms with Crippen LogP contribution in [-0.4, -0.2) is 12.5 Å². The molecular weight excluding hydrogens is 314 g/mol. The summed E-state index contributed by atoms with van der Waals surface area (Å²) in [6.07, 6.45) is 0. The van der Waals surface area contributed by atoms with Gasteiger partial charge in [-0.2, -0.15) is 0 Å². The summed E-state index contributed by atoms with van der Waals surface area (Å²) in [5.74, 6) is 0.579. The summed E-state index contributed by atoms with van der Waals surface area (Å²) >= 11 is 4.98. The fourth-order valence-electron chi connectivity index (χ4n) is 1.35. The monoisotopic (exact) mass is 325 g/mol. The topological polar surface area (TPSA) is 38.3 Å². The molecule has 1 amide bonds. The highest BCUT2D eigenvalue weighted by Gasteiger charge is 2.03. The van der Waals surface area contributed by atoms with Crippen molar-refractivity contribution in [2.45, 2.75) is 6.54 Å². The maximum atomic E-state index is 11.6. The van der Waals surface area contributed by atoms with Crippen molar-refractivity contribution in [1.82, 2.24) is 5.32 Å². The van der Waals surface area contributed by atoms with Crippen LogP contribution >= 0.6 is 27.3 Å². The lowest BCUT2D eigenvalue weighted by atomic mass is 10.3. The molecule has 2 aromatic rings. The number of amides is 1. The molecule has 0 bridgehead atoms. The summed E-state index contributed by atoms with van der Waals surface area (Å²) in [6.45, 7) is 0.573. The molecule has 1 N–H and O–H groups in total. The molecule has 0 aliphatic heterocycles. The van der Waals surface area contributed by atoms with Gasteiger partial charge in [0.1, 0.15) is 5.75 Å². The van der Waals surface area contributed by atoms with Crippen LogP contribution in [0.3, 0.4) is 0 Å². The largest absolute Gasteiger partial charge is 0.484 e. The van der Waals surface area contributed by atoms with Crippen LogP contribution in [0.5, 0.6) is 5.75 Å². The third-order valence-electron chi connectivity index (χ3n) is 2.19. The number of para-hydroxylation sites is 1. The van der Waals surface area contributed by atoms with E-state index >= 15 is 0 Å². The van der Waals surface area contributed by atoms with Crippen molar-refractivity contribution >= 4 is 33.2 Å². The SMILES string of the molecule is O=C(COc1ccccc1)NCc1cc(Br)cs1. The van der Waals surface area contributed by atoms with Crippen LogP contribution in [-0.2, 0) is 11.3 Å². The molecule has 1 aromatic carbocycles. The highest BCUT2D eigenvalue weighted by molar-refractivity contribution is 9.10. The van der Waals surface area contributed by atoms with Crippen molar-refractivity contribution in [3.8, 4) is 5.75 Å². The highest BCUT2D eigenvalue weighted by atomic mass is 79.9. The van der Waals surface area contributed by atoms with Crippen molar-refractivity contribution in [1.29, 1.82) is 0 Å². The second-order valence-corrected chi connectivity index (χ2v) is 5.52. The molecule has 0 radical (unpaired) electrons. The van der Waals surface area contributed by atoms with Gasteiger partial charge in [-0.3, -0.25) is 4.79 Å². The van der Waals surface area contributed by atoms with Gasteiger partial charge in [0.25, 0.3) is 5.91 Å². The molecule has 1 aromatic heterocycles. The zero-order valence-corrected chi connectivity index (χ0v) is 12.0. The van der Waals surface area contributed by atoms with E-state index < -0.39 is 0 Å². The normalized spacial score (nSPS) is 10.1. The van der Waals surface area contributed by atoms with Gasteiger partial charge in [0.2, 0.25) is 0 Å². The lowest BCUT2D eigenvalue weighted by molar-refractivity contribution is -0.123. The van der Waals surface area contributed by atoms with Crippen molar-refractivity contribution in [2.24, 2.45) is 0 Å². The van der Waals surface area contributed by atoms with Crippen LogP contribution < -0.4 is 10.1 Å². The summed E-state index contributed by atoms with van der Waals surface area (Å²) in [5.41, 5.74) is 0. The molecule has 18 heavy (non-hydrogen) atoms. The van der Waals surface area contributed by atoms with Crippen LogP contribution in [0, 0.1) is 0 Å². The van der Waals surface area contributed by atoms with Gasteiger partial charge >= 0.3 is 0 Å². The van der Waals surface area contributed by atoms with Gasteiger partial charge in [0, 0.05) is 14.7 Å². The quantitative estimate of drug-likeness (QED) is 0.916. The van der Waals surface area contributed by atoms with E-state index in [0.29, 0.717) is 12.3 Å². The van der Waals surface area contributed by atoms with E-state index in [2.05, 4.69) is 21.2 Å². The summed E-state index contributed by atoms with van der Waals surface area (Å²) in [5, 5.41) is 4.80. The Labute approximate surface area is 118 Å². The standard InChI is InChI=1S/C13H12BrNO2S/c14-10-6-12(18-9-10)7-15-13(16)8-17-11-4-2-1-3-5-11/h1-6,9H,7-8H2,(H,15,16). The Morgan fingerprint density at radius 3 is 2.78 bits per heavy atom. The summed E-state index contributed by atoms with van der Waals surface area (Å²) in [7, 11) is 0. The number of hydrogen-bond acceptors (Lipinski definition) is 3. The van der Waals surface area contributed by atoms with Crippen LogP contribution in [0.4, 0.5) is 0 Å². The fourth-order valence-corrected chi connectivity index (χ4v) is 2.74. The van der Waals surface area contributed by atoms with Gasteiger partial charge in [0.15, 0.2) is 6.61 Å². The number of carbonyl (C=O) groups excluding carboxylic acids is 1. The number of ether oxygens (including phenoxy) is 1. The van der Waals surface area contributed by atoms with Gasteiger partial charge in [-0.15, -0.1) is 11.3 Å². The highest BCUT2D eigenvalue weighted by Crippen LogP contribution is 2.19. The predicted octanol–water partition coefficient (Wildman–Crippen LogP) is 3.21. The first-order chi connectivity index (χ1) is 8.74. The average Bonchev–Trinajstić information content (AvgIpc) is 2.81. The maximum absolute atomic E-state index is 11.6. The Bertz CT molecular complexity index is 513. The molecule has 0 saturated heterocycles. The minimum atomic E-state index is -0.122. The molecule has 0 spiro atoms. The Morgan fingerprint density at radius 2 is 2.11 bits per heavy atom. The lowest BCUT2D eigenvalue weighted by Gasteiger charge is -2.06. The lowest BCUT2D eigenvalue weighted by Crippen LogP contribution is -2.28. The molecule has 5 heteroatoms. The number of benzene rings is 1. The smallest absolute Gasteiger partial charge is 0.258 e. The van der Waals surface area contributed by atoms with Crippen LogP contribution in [0.2, 0.25) is 0 Å². The second-order valence-electron chi connectivity index (χ2n) is 3.61. The average molecular weight is 326 g/mol. The van der Waals surface area contributed by atoms with E-state index in [4.69, 9.17) is 4.74 Å². The number of hydrogen-bond donors (Lipinski definition) is 1. The first-order valence-corrected chi connectivity index (χ1v) is 7.09. The summed E-state index contributed by atoms with van der Waals surface area (Å²) < 4.78 is 6.38. The Balaban J connectivity index is 1.73. The zero-order valence-electron chi connectivity index (χ0n) is 9.56. The minimum Gasteiger partial charge on any atom is -0.484 e. The molecule has 94 valence electrons. The third-order valence-corrected chi connectivity index (χ3v) is 3.89. The first kappa shape index (κ1) is 13.1. The maximum Gasteiger partial charge on any atom is 0.258 e. The Morgan fingerprint density at radius 1 is 1.33 bits per heavy atom. The van der Waals surface area contributed by atoms with Crippen molar-refractivity contribution in [3.05, 3.63) is 51.1 Å². The van der Waals surface area contributed by atoms with Crippen LogP contribution in [0.25, 0.3) is 0 Å². The molecule has 2 rings (SSSR count). The van der Waals surface area contributed by atoms with E-state index in [1.807, 2.05) is 41.8 Å². The zero-order chi connectivity index (χ0) is 12.8. The van der Waals surface area contributed by atoms with E-state index in [9.17, 15) is 4.79 Å². The number of halogens is 1. The second kappa shape index (κ2) is 6.56. The number of carbonyl (C=O) groups is 1.